The zero-order chi connectivity index (χ0) is 13.7. The molecule has 0 bridgehead atoms. The van der Waals surface area contributed by atoms with Crippen LogP contribution in [0.5, 0.6) is 11.6 Å². The van der Waals surface area contributed by atoms with Crippen LogP contribution in [0.15, 0.2) is 18.3 Å². The lowest BCUT2D eigenvalue weighted by Crippen LogP contribution is -2.46. The summed E-state index contributed by atoms with van der Waals surface area (Å²) in [4.78, 5) is 15.0. The van der Waals surface area contributed by atoms with Crippen molar-refractivity contribution in [2.75, 3.05) is 13.2 Å². The van der Waals surface area contributed by atoms with Crippen molar-refractivity contribution in [2.24, 2.45) is 0 Å². The molecule has 0 spiro atoms. The van der Waals surface area contributed by atoms with Gasteiger partial charge in [-0.3, -0.25) is 4.79 Å². The van der Waals surface area contributed by atoms with Gasteiger partial charge in [-0.05, 0) is 32.4 Å². The number of hydrogen-bond acceptors (Lipinski definition) is 5. The van der Waals surface area contributed by atoms with Crippen LogP contribution in [0.3, 0.4) is 0 Å². The third-order valence-electron chi connectivity index (χ3n) is 3.03. The van der Waals surface area contributed by atoms with Crippen molar-refractivity contribution >= 4 is 5.78 Å². The van der Waals surface area contributed by atoms with Crippen molar-refractivity contribution in [2.45, 2.75) is 38.8 Å². The molecule has 1 aromatic rings. The lowest BCUT2D eigenvalue weighted by Gasteiger charge is -2.35. The maximum atomic E-state index is 10.8. The number of ketones is 1. The van der Waals surface area contributed by atoms with E-state index >= 15 is 0 Å². The smallest absolute Gasteiger partial charge is 0.213 e. The van der Waals surface area contributed by atoms with Gasteiger partial charge in [-0.1, -0.05) is 6.92 Å². The quantitative estimate of drug-likeness (QED) is 0.815. The van der Waals surface area contributed by atoms with Gasteiger partial charge in [0.05, 0.1) is 6.20 Å². The molecule has 1 aliphatic rings. The number of nitrogens with zero attached hydrogens (tertiary/aromatic N) is 1. The molecule has 19 heavy (non-hydrogen) atoms. The van der Waals surface area contributed by atoms with E-state index in [2.05, 4.69) is 17.2 Å². The molecule has 0 unspecified atom stereocenters. The van der Waals surface area contributed by atoms with Crippen LogP contribution in [0, 0.1) is 0 Å². The number of Topliss-reactive ketones (excluding diaryl/α,β-unsaturated/α-hetero) is 1. The molecule has 1 aliphatic carbocycles. The summed E-state index contributed by atoms with van der Waals surface area (Å²) in [5.41, 5.74) is 0. The SMILES string of the molecule is CCNC1CC(Oc2ccc(OCC(C)=O)cn2)C1.[HH]. The minimum Gasteiger partial charge on any atom is -0.484 e. The van der Waals surface area contributed by atoms with Crippen LogP contribution in [0.1, 0.15) is 28.1 Å². The number of carbonyl (C=O) groups is 1. The molecule has 1 N–H and O–H groups in total. The molecule has 106 valence electrons. The van der Waals surface area contributed by atoms with Crippen LogP contribution in [0.4, 0.5) is 0 Å². The Balaban J connectivity index is 0.00000200. The van der Waals surface area contributed by atoms with E-state index in [1.165, 1.54) is 6.92 Å². The summed E-state index contributed by atoms with van der Waals surface area (Å²) >= 11 is 0. The largest absolute Gasteiger partial charge is 0.484 e. The van der Waals surface area contributed by atoms with Crippen molar-refractivity contribution in [1.29, 1.82) is 0 Å². The average Bonchev–Trinajstić information content (AvgIpc) is 2.35. The van der Waals surface area contributed by atoms with Crippen LogP contribution < -0.4 is 14.8 Å². The molecule has 5 heteroatoms. The highest BCUT2D eigenvalue weighted by molar-refractivity contribution is 5.77. The van der Waals surface area contributed by atoms with Crippen molar-refractivity contribution in [3.05, 3.63) is 18.3 Å². The first-order valence-electron chi connectivity index (χ1n) is 6.65. The molecule has 0 radical (unpaired) electrons. The van der Waals surface area contributed by atoms with Gasteiger partial charge in [0.15, 0.2) is 5.78 Å². The Morgan fingerprint density at radius 1 is 1.53 bits per heavy atom. The Morgan fingerprint density at radius 3 is 2.89 bits per heavy atom. The van der Waals surface area contributed by atoms with Gasteiger partial charge < -0.3 is 14.8 Å². The van der Waals surface area contributed by atoms with Gasteiger partial charge in [0.25, 0.3) is 0 Å². The fourth-order valence-corrected chi connectivity index (χ4v) is 1.99. The fourth-order valence-electron chi connectivity index (χ4n) is 1.99. The third kappa shape index (κ3) is 4.21. The lowest BCUT2D eigenvalue weighted by molar-refractivity contribution is -0.118. The summed E-state index contributed by atoms with van der Waals surface area (Å²) in [6, 6.07) is 4.12. The van der Waals surface area contributed by atoms with E-state index in [1.54, 1.807) is 18.3 Å². The Morgan fingerprint density at radius 2 is 2.32 bits per heavy atom. The van der Waals surface area contributed by atoms with E-state index in [0.717, 1.165) is 19.4 Å². The predicted octanol–water partition coefficient (Wildman–Crippen LogP) is 1.81. The molecular weight excluding hydrogens is 244 g/mol. The first-order chi connectivity index (χ1) is 9.17. The second kappa shape index (κ2) is 6.52. The van der Waals surface area contributed by atoms with Crippen molar-refractivity contribution in [3.8, 4) is 11.6 Å². The zero-order valence-corrected chi connectivity index (χ0v) is 11.4. The van der Waals surface area contributed by atoms with Gasteiger partial charge in [0.2, 0.25) is 5.88 Å². The van der Waals surface area contributed by atoms with Gasteiger partial charge in [-0.25, -0.2) is 4.98 Å². The molecule has 5 nitrogen and oxygen atoms in total. The highest BCUT2D eigenvalue weighted by atomic mass is 16.5. The molecule has 0 amide bonds. The van der Waals surface area contributed by atoms with E-state index in [1.807, 2.05) is 0 Å². The number of ether oxygens (including phenoxy) is 2. The summed E-state index contributed by atoms with van der Waals surface area (Å²) in [6.45, 7) is 4.67. The van der Waals surface area contributed by atoms with E-state index in [9.17, 15) is 4.79 Å². The number of carbonyl (C=O) groups excluding carboxylic acids is 1. The molecule has 1 fully saturated rings. The van der Waals surface area contributed by atoms with Gasteiger partial charge in [0.1, 0.15) is 18.5 Å². The third-order valence-corrected chi connectivity index (χ3v) is 3.03. The fraction of sp³-hybridized carbons (Fsp3) is 0.571. The van der Waals surface area contributed by atoms with Gasteiger partial charge in [-0.15, -0.1) is 0 Å². The van der Waals surface area contributed by atoms with Crippen LogP contribution in [-0.2, 0) is 4.79 Å². The molecule has 0 aromatic carbocycles. The van der Waals surface area contributed by atoms with E-state index in [4.69, 9.17) is 9.47 Å². The number of pyridine rings is 1. The van der Waals surface area contributed by atoms with Gasteiger partial charge >= 0.3 is 0 Å². The maximum Gasteiger partial charge on any atom is 0.213 e. The minimum absolute atomic E-state index is 0. The van der Waals surface area contributed by atoms with E-state index < -0.39 is 0 Å². The minimum atomic E-state index is -0.00994. The Labute approximate surface area is 114 Å². The monoisotopic (exact) mass is 266 g/mol. The first kappa shape index (κ1) is 13.8. The van der Waals surface area contributed by atoms with E-state index in [-0.39, 0.29) is 19.9 Å². The first-order valence-corrected chi connectivity index (χ1v) is 6.65. The zero-order valence-electron chi connectivity index (χ0n) is 11.4. The number of hydrogen-bond donors (Lipinski definition) is 1. The van der Waals surface area contributed by atoms with Crippen LogP contribution in [0.2, 0.25) is 0 Å². The molecule has 0 atom stereocenters. The Kier molecular flexibility index (Phi) is 4.74. The molecule has 1 heterocycles. The van der Waals surface area contributed by atoms with E-state index in [0.29, 0.717) is 17.7 Å². The summed E-state index contributed by atoms with van der Waals surface area (Å²) < 4.78 is 11.0. The number of nitrogens with one attached hydrogen (secondary N) is 1. The maximum absolute atomic E-state index is 10.8. The highest BCUT2D eigenvalue weighted by Crippen LogP contribution is 2.25. The summed E-state index contributed by atoms with van der Waals surface area (Å²) in [5, 5.41) is 3.38. The van der Waals surface area contributed by atoms with Crippen LogP contribution in [-0.4, -0.2) is 36.1 Å². The molecule has 0 aliphatic heterocycles. The van der Waals surface area contributed by atoms with Gasteiger partial charge in [-0.2, -0.15) is 0 Å². The molecule has 1 aromatic heterocycles. The average molecular weight is 266 g/mol. The predicted molar refractivity (Wildman–Crippen MR) is 73.6 cm³/mol. The second-order valence-electron chi connectivity index (χ2n) is 4.79. The molecule has 2 rings (SSSR count). The van der Waals surface area contributed by atoms with Crippen molar-refractivity contribution in [3.63, 3.8) is 0 Å². The van der Waals surface area contributed by atoms with Crippen LogP contribution >= 0.6 is 0 Å². The molecule has 0 saturated heterocycles. The molecule has 1 saturated carbocycles. The summed E-state index contributed by atoms with van der Waals surface area (Å²) in [7, 11) is 0. The van der Waals surface area contributed by atoms with Crippen LogP contribution in [0.25, 0.3) is 0 Å². The van der Waals surface area contributed by atoms with Crippen molar-refractivity contribution < 1.29 is 15.7 Å². The second-order valence-corrected chi connectivity index (χ2v) is 4.79. The van der Waals surface area contributed by atoms with Gasteiger partial charge in [0, 0.05) is 13.5 Å². The molecular formula is C14H22N2O3. The Hall–Kier alpha value is -1.62. The topological polar surface area (TPSA) is 60.5 Å². The lowest BCUT2D eigenvalue weighted by atomic mass is 9.89. The normalized spacial score (nSPS) is 21.6. The summed E-state index contributed by atoms with van der Waals surface area (Å²) in [5.74, 6) is 1.18. The standard InChI is InChI=1S/C14H20N2O3.H2/c1-3-15-11-6-13(7-11)19-14-5-4-12(8-16-14)18-9-10(2)17;/h4-5,8,11,13,15H,3,6-7,9H2,1-2H3;1H. The number of aromatic nitrogens is 1. The summed E-state index contributed by atoms with van der Waals surface area (Å²) in [6.07, 6.45) is 3.88. The Bertz CT molecular complexity index is 419. The number of rotatable bonds is 7. The van der Waals surface area contributed by atoms with Crippen molar-refractivity contribution in [1.82, 2.24) is 10.3 Å². The highest BCUT2D eigenvalue weighted by Gasteiger charge is 2.30.